The van der Waals surface area contributed by atoms with Crippen molar-refractivity contribution >= 4 is 0 Å². The van der Waals surface area contributed by atoms with Crippen LogP contribution in [0.4, 0.5) is 13.2 Å². The lowest BCUT2D eigenvalue weighted by molar-refractivity contribution is -0.137. The van der Waals surface area contributed by atoms with E-state index >= 15 is 0 Å². The second kappa shape index (κ2) is 5.85. The van der Waals surface area contributed by atoms with Crippen LogP contribution in [0.25, 0.3) is 11.3 Å². The van der Waals surface area contributed by atoms with Crippen molar-refractivity contribution in [1.82, 2.24) is 4.98 Å². The van der Waals surface area contributed by atoms with Crippen molar-refractivity contribution < 1.29 is 18.3 Å². The van der Waals surface area contributed by atoms with Crippen molar-refractivity contribution in [2.24, 2.45) is 0 Å². The zero-order chi connectivity index (χ0) is 15.6. The second-order valence-electron chi connectivity index (χ2n) is 4.87. The SMILES string of the molecule is CCC(O)c1ccc(-c2cccc(C(F)(F)F)c2)nc1C. The van der Waals surface area contributed by atoms with E-state index in [-0.39, 0.29) is 0 Å². The van der Waals surface area contributed by atoms with Crippen molar-refractivity contribution in [2.45, 2.75) is 32.5 Å². The van der Waals surface area contributed by atoms with Crippen LogP contribution >= 0.6 is 0 Å². The molecule has 0 amide bonds. The summed E-state index contributed by atoms with van der Waals surface area (Å²) in [6.07, 6.45) is -4.41. The highest BCUT2D eigenvalue weighted by Crippen LogP contribution is 2.32. The predicted molar refractivity (Wildman–Crippen MR) is 74.7 cm³/mol. The highest BCUT2D eigenvalue weighted by atomic mass is 19.4. The third-order valence-electron chi connectivity index (χ3n) is 3.36. The molecule has 0 radical (unpaired) electrons. The molecule has 0 fully saturated rings. The minimum Gasteiger partial charge on any atom is -0.388 e. The van der Waals surface area contributed by atoms with Crippen LogP contribution < -0.4 is 0 Å². The van der Waals surface area contributed by atoms with E-state index in [1.54, 1.807) is 25.1 Å². The minimum absolute atomic E-state index is 0.408. The van der Waals surface area contributed by atoms with Gasteiger partial charge in [-0.2, -0.15) is 13.2 Å². The molecule has 0 aliphatic heterocycles. The van der Waals surface area contributed by atoms with Crippen LogP contribution in [0, 0.1) is 6.92 Å². The molecule has 1 heterocycles. The van der Waals surface area contributed by atoms with Crippen molar-refractivity contribution in [2.75, 3.05) is 0 Å². The van der Waals surface area contributed by atoms with E-state index in [1.165, 1.54) is 6.07 Å². The summed E-state index contributed by atoms with van der Waals surface area (Å²) < 4.78 is 38.2. The number of aryl methyl sites for hydroxylation is 1. The minimum atomic E-state index is -4.37. The van der Waals surface area contributed by atoms with Gasteiger partial charge in [-0.25, -0.2) is 0 Å². The van der Waals surface area contributed by atoms with Gasteiger partial charge < -0.3 is 5.11 Å². The molecule has 1 N–H and O–H groups in total. The van der Waals surface area contributed by atoms with Crippen LogP contribution in [0.2, 0.25) is 0 Å². The number of aliphatic hydroxyl groups excluding tert-OH is 1. The van der Waals surface area contributed by atoms with Gasteiger partial charge in [0.1, 0.15) is 0 Å². The van der Waals surface area contributed by atoms with E-state index in [0.29, 0.717) is 28.9 Å². The molecule has 2 nitrogen and oxygen atoms in total. The normalized spacial score (nSPS) is 13.2. The molecule has 0 saturated carbocycles. The summed E-state index contributed by atoms with van der Waals surface area (Å²) in [4.78, 5) is 4.31. The maximum Gasteiger partial charge on any atom is 0.416 e. The lowest BCUT2D eigenvalue weighted by Crippen LogP contribution is -2.05. The van der Waals surface area contributed by atoms with Gasteiger partial charge in [0.05, 0.1) is 17.4 Å². The molecule has 1 unspecified atom stereocenters. The van der Waals surface area contributed by atoms with Crippen LogP contribution in [-0.2, 0) is 6.18 Å². The van der Waals surface area contributed by atoms with Gasteiger partial charge in [0.15, 0.2) is 0 Å². The predicted octanol–water partition coefficient (Wildman–Crippen LogP) is 4.52. The third kappa shape index (κ3) is 3.42. The molecule has 0 aliphatic rings. The van der Waals surface area contributed by atoms with Gasteiger partial charge in [0, 0.05) is 16.8 Å². The second-order valence-corrected chi connectivity index (χ2v) is 4.87. The first-order valence-electron chi connectivity index (χ1n) is 6.66. The van der Waals surface area contributed by atoms with E-state index < -0.39 is 17.8 Å². The fraction of sp³-hybridized carbons (Fsp3) is 0.312. The molecule has 2 rings (SSSR count). The van der Waals surface area contributed by atoms with Crippen molar-refractivity contribution in [3.05, 3.63) is 53.2 Å². The quantitative estimate of drug-likeness (QED) is 0.903. The van der Waals surface area contributed by atoms with E-state index in [1.807, 2.05) is 6.92 Å². The molecular formula is C16H16F3NO. The van der Waals surface area contributed by atoms with Crippen LogP contribution in [0.1, 0.15) is 36.3 Å². The maximum absolute atomic E-state index is 12.7. The average Bonchev–Trinajstić information content (AvgIpc) is 2.45. The Labute approximate surface area is 121 Å². The number of benzene rings is 1. The van der Waals surface area contributed by atoms with Gasteiger partial charge in [0.25, 0.3) is 0 Å². The molecule has 1 aromatic heterocycles. The monoisotopic (exact) mass is 295 g/mol. The van der Waals surface area contributed by atoms with Crippen molar-refractivity contribution in [1.29, 1.82) is 0 Å². The number of hydrogen-bond acceptors (Lipinski definition) is 2. The Morgan fingerprint density at radius 2 is 1.90 bits per heavy atom. The van der Waals surface area contributed by atoms with E-state index in [0.717, 1.165) is 12.1 Å². The number of halogens is 3. The number of aliphatic hydroxyl groups is 1. The molecule has 0 spiro atoms. The van der Waals surface area contributed by atoms with Crippen LogP contribution in [0.3, 0.4) is 0 Å². The molecular weight excluding hydrogens is 279 g/mol. The summed E-state index contributed by atoms with van der Waals surface area (Å²) in [6, 6.07) is 8.42. The molecule has 1 atom stereocenters. The summed E-state index contributed by atoms with van der Waals surface area (Å²) in [5.74, 6) is 0. The summed E-state index contributed by atoms with van der Waals surface area (Å²) in [5.41, 5.74) is 1.50. The number of alkyl halides is 3. The fourth-order valence-electron chi connectivity index (χ4n) is 2.16. The largest absolute Gasteiger partial charge is 0.416 e. The molecule has 0 aliphatic carbocycles. The van der Waals surface area contributed by atoms with Crippen molar-refractivity contribution in [3.63, 3.8) is 0 Å². The summed E-state index contributed by atoms with van der Waals surface area (Å²) in [6.45, 7) is 3.59. The van der Waals surface area contributed by atoms with E-state index in [2.05, 4.69) is 4.98 Å². The maximum atomic E-state index is 12.7. The Bertz CT molecular complexity index is 638. The van der Waals surface area contributed by atoms with Gasteiger partial charge in [-0.3, -0.25) is 4.98 Å². The number of hydrogen-bond donors (Lipinski definition) is 1. The molecule has 2 aromatic rings. The van der Waals surface area contributed by atoms with Crippen LogP contribution in [0.5, 0.6) is 0 Å². The lowest BCUT2D eigenvalue weighted by atomic mass is 10.0. The standard InChI is InChI=1S/C16H16F3NO/c1-3-15(21)13-7-8-14(20-10(13)2)11-5-4-6-12(9-11)16(17,18)19/h4-9,15,21H,3H2,1-2H3. The van der Waals surface area contributed by atoms with Crippen LogP contribution in [-0.4, -0.2) is 10.1 Å². The van der Waals surface area contributed by atoms with Crippen molar-refractivity contribution in [3.8, 4) is 11.3 Å². The number of rotatable bonds is 3. The Morgan fingerprint density at radius 1 is 1.19 bits per heavy atom. The topological polar surface area (TPSA) is 33.1 Å². The number of aromatic nitrogens is 1. The number of pyridine rings is 1. The summed E-state index contributed by atoms with van der Waals surface area (Å²) in [5, 5.41) is 9.83. The highest BCUT2D eigenvalue weighted by Gasteiger charge is 2.30. The summed E-state index contributed by atoms with van der Waals surface area (Å²) in [7, 11) is 0. The molecule has 0 saturated heterocycles. The summed E-state index contributed by atoms with van der Waals surface area (Å²) >= 11 is 0. The molecule has 0 bridgehead atoms. The Kier molecular flexibility index (Phi) is 4.32. The Hall–Kier alpha value is -1.88. The first kappa shape index (κ1) is 15.5. The molecule has 1 aromatic carbocycles. The number of nitrogens with zero attached hydrogens (tertiary/aromatic N) is 1. The van der Waals surface area contributed by atoms with Gasteiger partial charge >= 0.3 is 6.18 Å². The zero-order valence-electron chi connectivity index (χ0n) is 11.8. The van der Waals surface area contributed by atoms with Gasteiger partial charge in [-0.05, 0) is 31.5 Å². The lowest BCUT2D eigenvalue weighted by Gasteiger charge is -2.13. The fourth-order valence-corrected chi connectivity index (χ4v) is 2.16. The first-order chi connectivity index (χ1) is 9.82. The Balaban J connectivity index is 2.41. The smallest absolute Gasteiger partial charge is 0.388 e. The highest BCUT2D eigenvalue weighted by molar-refractivity contribution is 5.61. The molecule has 112 valence electrons. The van der Waals surface area contributed by atoms with E-state index in [4.69, 9.17) is 0 Å². The van der Waals surface area contributed by atoms with Gasteiger partial charge in [-0.15, -0.1) is 0 Å². The van der Waals surface area contributed by atoms with Crippen LogP contribution in [0.15, 0.2) is 36.4 Å². The van der Waals surface area contributed by atoms with Gasteiger partial charge in [0.2, 0.25) is 0 Å². The van der Waals surface area contributed by atoms with E-state index in [9.17, 15) is 18.3 Å². The average molecular weight is 295 g/mol. The Morgan fingerprint density at radius 3 is 2.48 bits per heavy atom. The zero-order valence-corrected chi connectivity index (χ0v) is 11.8. The third-order valence-corrected chi connectivity index (χ3v) is 3.36. The first-order valence-corrected chi connectivity index (χ1v) is 6.66. The molecule has 5 heteroatoms. The molecule has 21 heavy (non-hydrogen) atoms. The van der Waals surface area contributed by atoms with Gasteiger partial charge in [-0.1, -0.05) is 25.1 Å².